The number of primary amides is 1. The lowest BCUT2D eigenvalue weighted by atomic mass is 9.66. The molecule has 0 radical (unpaired) electrons. The zero-order valence-corrected chi connectivity index (χ0v) is 30.5. The van der Waals surface area contributed by atoms with Gasteiger partial charge in [0.15, 0.2) is 0 Å². The lowest BCUT2D eigenvalue weighted by molar-refractivity contribution is -0.0530. The summed E-state index contributed by atoms with van der Waals surface area (Å²) in [6.45, 7) is 1.23. The van der Waals surface area contributed by atoms with E-state index < -0.39 is 18.1 Å². The van der Waals surface area contributed by atoms with Crippen molar-refractivity contribution in [1.82, 2.24) is 40.3 Å². The largest absolute Gasteiger partial charge is 0.417 e. The molecule has 5 N–H and O–H groups in total. The van der Waals surface area contributed by atoms with Gasteiger partial charge in [0.05, 0.1) is 34.6 Å². The summed E-state index contributed by atoms with van der Waals surface area (Å²) in [6.07, 6.45) is 7.54. The molecule has 1 aliphatic rings. The summed E-state index contributed by atoms with van der Waals surface area (Å²) < 4.78 is 43.3. The molecule has 6 heterocycles. The van der Waals surface area contributed by atoms with Gasteiger partial charge in [0.25, 0.3) is 5.91 Å². The van der Waals surface area contributed by atoms with Gasteiger partial charge in [-0.05, 0) is 69.2 Å². The van der Waals surface area contributed by atoms with Crippen molar-refractivity contribution in [1.29, 1.82) is 0 Å². The van der Waals surface area contributed by atoms with Crippen molar-refractivity contribution in [3.05, 3.63) is 100 Å². The van der Waals surface area contributed by atoms with E-state index >= 15 is 0 Å². The third kappa shape index (κ3) is 9.10. The number of anilines is 2. The van der Waals surface area contributed by atoms with Crippen LogP contribution < -0.4 is 21.1 Å². The summed E-state index contributed by atoms with van der Waals surface area (Å²) in [4.78, 5) is 29.0. The lowest BCUT2D eigenvalue weighted by Gasteiger charge is -2.41. The Balaban J connectivity index is 0.000000185. The Labute approximate surface area is 315 Å². The van der Waals surface area contributed by atoms with Gasteiger partial charge >= 0.3 is 6.61 Å². The van der Waals surface area contributed by atoms with Crippen LogP contribution in [-0.4, -0.2) is 64.5 Å². The Hall–Kier alpha value is -5.66. The van der Waals surface area contributed by atoms with E-state index in [0.29, 0.717) is 50.8 Å². The second kappa shape index (κ2) is 16.6. The number of nitrogens with two attached hydrogens (primary N) is 1. The molecule has 7 rings (SSSR count). The van der Waals surface area contributed by atoms with Crippen LogP contribution in [0.1, 0.15) is 59.0 Å². The van der Waals surface area contributed by atoms with Crippen LogP contribution >= 0.6 is 22.7 Å². The fourth-order valence-electron chi connectivity index (χ4n) is 5.50. The highest BCUT2D eigenvalue weighted by Crippen LogP contribution is 2.43. The van der Waals surface area contributed by atoms with E-state index in [1.807, 2.05) is 26.0 Å². The number of nitrogens with one attached hydrogen (secondary N) is 2. The number of carbonyl (C=O) groups excluding carboxylic acids is 1. The number of carbonyl (C=O) groups is 1. The number of aliphatic hydroxyl groups excluding tert-OH is 1. The van der Waals surface area contributed by atoms with E-state index in [0.717, 1.165) is 40.5 Å². The predicted molar refractivity (Wildman–Crippen MR) is 196 cm³/mol. The van der Waals surface area contributed by atoms with Crippen LogP contribution in [0.15, 0.2) is 73.2 Å². The Morgan fingerprint density at radius 1 is 0.944 bits per heavy atom. The first-order valence-electron chi connectivity index (χ1n) is 16.5. The van der Waals surface area contributed by atoms with Gasteiger partial charge in [-0.3, -0.25) is 9.78 Å². The third-order valence-corrected chi connectivity index (χ3v) is 10.5. The summed E-state index contributed by atoms with van der Waals surface area (Å²) in [6, 6.07) is 14.8. The molecule has 0 atom stereocenters. The molecule has 1 amide bonds. The van der Waals surface area contributed by atoms with Gasteiger partial charge in [0, 0.05) is 30.4 Å². The molecule has 0 bridgehead atoms. The first kappa shape index (κ1) is 38.1. The van der Waals surface area contributed by atoms with Crippen molar-refractivity contribution in [3.63, 3.8) is 0 Å². The van der Waals surface area contributed by atoms with Gasteiger partial charge in [0.2, 0.25) is 5.88 Å². The Morgan fingerprint density at radius 2 is 1.65 bits per heavy atom. The standard InChI is InChI=1S/C18H18FN5OS.C17H16F2N6O2S/c19-13-3-1-8-20-16(13)18(6-2-7-18)11-22-15-5-4-14(23-24-15)17-21-9-12(10-25)26-17;1-17(2,11-4-3-5-13(22-11)27-16(18)19)23-12-7-6-9(24-25-12)15-21-8-10(28-15)14(20)26/h1,3-5,8-9,25H,2,6-7,10-11H2,(H,22,24);3-8,16H,1-2H3,(H2,20,26)(H,23,25). The first-order chi connectivity index (χ1) is 25.9. The molecule has 0 unspecified atom stereocenters. The Bertz CT molecular complexity index is 2180. The average Bonchev–Trinajstić information content (AvgIpc) is 3.84. The van der Waals surface area contributed by atoms with Crippen LogP contribution in [0.4, 0.5) is 24.8 Å². The van der Waals surface area contributed by atoms with E-state index in [1.54, 1.807) is 42.7 Å². The van der Waals surface area contributed by atoms with E-state index in [4.69, 9.17) is 10.8 Å². The second-order valence-corrected chi connectivity index (χ2v) is 14.7. The van der Waals surface area contributed by atoms with Crippen molar-refractivity contribution in [3.8, 4) is 27.3 Å². The molecule has 1 fully saturated rings. The van der Waals surface area contributed by atoms with Crippen molar-refractivity contribution in [2.75, 3.05) is 17.2 Å². The zero-order valence-electron chi connectivity index (χ0n) is 28.9. The number of amides is 1. The van der Waals surface area contributed by atoms with Crippen LogP contribution in [0, 0.1) is 5.82 Å². The molecule has 14 nitrogen and oxygen atoms in total. The highest BCUT2D eigenvalue weighted by Gasteiger charge is 2.41. The molecule has 1 saturated carbocycles. The van der Waals surface area contributed by atoms with E-state index in [1.165, 1.54) is 29.7 Å². The first-order valence-corrected chi connectivity index (χ1v) is 18.1. The highest BCUT2D eigenvalue weighted by molar-refractivity contribution is 7.16. The maximum Gasteiger partial charge on any atom is 0.388 e. The molecule has 0 aromatic carbocycles. The SMILES string of the molecule is CC(C)(Nc1ccc(-c2ncc(C(N)=O)s2)nn1)c1cccc(OC(F)F)n1.OCc1cnc(-c2ccc(NCC3(c4ncccc4F)CCC3)nn2)s1. The molecule has 1 aliphatic carbocycles. The Morgan fingerprint density at radius 3 is 2.22 bits per heavy atom. The fourth-order valence-corrected chi connectivity index (χ4v) is 6.97. The number of pyridine rings is 2. The van der Waals surface area contributed by atoms with Gasteiger partial charge < -0.3 is 26.2 Å². The number of hydrogen-bond acceptors (Lipinski definition) is 15. The monoisotopic (exact) mass is 777 g/mol. The number of ether oxygens (including phenoxy) is 1. The van der Waals surface area contributed by atoms with Crippen LogP contribution in [0.5, 0.6) is 5.88 Å². The lowest BCUT2D eigenvalue weighted by Crippen LogP contribution is -2.42. The predicted octanol–water partition coefficient (Wildman–Crippen LogP) is 6.20. The van der Waals surface area contributed by atoms with Crippen molar-refractivity contribution in [2.24, 2.45) is 5.73 Å². The minimum atomic E-state index is -2.95. The summed E-state index contributed by atoms with van der Waals surface area (Å²) in [5.41, 5.74) is 6.37. The summed E-state index contributed by atoms with van der Waals surface area (Å²) >= 11 is 2.51. The fraction of sp³-hybridized carbons (Fsp3) is 0.286. The van der Waals surface area contributed by atoms with Crippen molar-refractivity contribution in [2.45, 2.75) is 57.3 Å². The van der Waals surface area contributed by atoms with E-state index in [9.17, 15) is 18.0 Å². The van der Waals surface area contributed by atoms with Crippen LogP contribution in [0.2, 0.25) is 0 Å². The van der Waals surface area contributed by atoms with Crippen molar-refractivity contribution < 1.29 is 27.8 Å². The van der Waals surface area contributed by atoms with Crippen LogP contribution in [0.3, 0.4) is 0 Å². The van der Waals surface area contributed by atoms with Gasteiger partial charge in [-0.1, -0.05) is 12.5 Å². The number of aliphatic hydroxyl groups is 1. The number of aromatic nitrogens is 8. The number of hydrogen-bond donors (Lipinski definition) is 4. The molecule has 0 spiro atoms. The molecule has 19 heteroatoms. The highest BCUT2D eigenvalue weighted by atomic mass is 32.1. The zero-order chi connectivity index (χ0) is 38.3. The quantitative estimate of drug-likeness (QED) is 0.103. The maximum atomic E-state index is 14.2. The molecular weight excluding hydrogens is 744 g/mol. The number of nitrogens with zero attached hydrogens (tertiary/aromatic N) is 8. The van der Waals surface area contributed by atoms with Gasteiger partial charge in [-0.2, -0.15) is 8.78 Å². The van der Waals surface area contributed by atoms with Crippen molar-refractivity contribution >= 4 is 40.2 Å². The summed E-state index contributed by atoms with van der Waals surface area (Å²) in [5.74, 6) is 0.108. The number of alkyl halides is 2. The van der Waals surface area contributed by atoms with E-state index in [-0.39, 0.29) is 23.7 Å². The smallest absolute Gasteiger partial charge is 0.388 e. The average molecular weight is 778 g/mol. The minimum absolute atomic E-state index is 0.0309. The summed E-state index contributed by atoms with van der Waals surface area (Å²) in [5, 5.41) is 33.4. The second-order valence-electron chi connectivity index (χ2n) is 12.6. The molecule has 0 saturated heterocycles. The normalized spacial score (nSPS) is 13.4. The maximum absolute atomic E-state index is 14.2. The number of halogens is 3. The topological polar surface area (TPSA) is 200 Å². The number of rotatable bonds is 13. The number of thiazole rings is 2. The molecular formula is C35H34F3N11O3S2. The van der Waals surface area contributed by atoms with Gasteiger partial charge in [-0.15, -0.1) is 43.1 Å². The van der Waals surface area contributed by atoms with Crippen LogP contribution in [0.25, 0.3) is 21.4 Å². The minimum Gasteiger partial charge on any atom is -0.417 e. The van der Waals surface area contributed by atoms with Gasteiger partial charge in [0.1, 0.15) is 43.7 Å². The third-order valence-electron chi connectivity index (χ3n) is 8.42. The van der Waals surface area contributed by atoms with Gasteiger partial charge in [-0.25, -0.2) is 19.3 Å². The molecule has 54 heavy (non-hydrogen) atoms. The van der Waals surface area contributed by atoms with Crippen LogP contribution in [-0.2, 0) is 17.6 Å². The van der Waals surface area contributed by atoms with E-state index in [2.05, 4.69) is 55.7 Å². The summed E-state index contributed by atoms with van der Waals surface area (Å²) in [7, 11) is 0. The molecule has 6 aromatic rings. The molecule has 0 aliphatic heterocycles. The Kier molecular flexibility index (Phi) is 11.7. The molecule has 6 aromatic heterocycles. The molecule has 280 valence electrons.